The normalized spacial score (nSPS) is 9.27. The molecule has 0 unspecified atom stereocenters. The van der Waals surface area contributed by atoms with Crippen LogP contribution in [-0.4, -0.2) is 15.8 Å². The third-order valence-corrected chi connectivity index (χ3v) is 1.86. The monoisotopic (exact) mass is 205 g/mol. The van der Waals surface area contributed by atoms with Crippen molar-refractivity contribution >= 4 is 17.9 Å². The quantitative estimate of drug-likeness (QED) is 0.764. The molecule has 2 aromatic rings. The Kier molecular flexibility index (Phi) is 3.85. The van der Waals surface area contributed by atoms with E-state index in [1.807, 2.05) is 43.5 Å². The number of amides is 1. The fourth-order valence-electron chi connectivity index (χ4n) is 1.25. The molecule has 0 atom stereocenters. The van der Waals surface area contributed by atoms with Crippen LogP contribution in [0.25, 0.3) is 5.65 Å². The van der Waals surface area contributed by atoms with E-state index < -0.39 is 0 Å². The summed E-state index contributed by atoms with van der Waals surface area (Å²) in [6, 6.07) is 3.89. The summed E-state index contributed by atoms with van der Waals surface area (Å²) in [5, 5.41) is 2.58. The number of carbonyl (C=O) groups is 1. The molecule has 2 aromatic heterocycles. The average Bonchev–Trinajstić information content (AvgIpc) is 2.65. The minimum atomic E-state index is 0.645. The van der Waals surface area contributed by atoms with Crippen molar-refractivity contribution < 1.29 is 4.79 Å². The molecule has 80 valence electrons. The van der Waals surface area contributed by atoms with Crippen LogP contribution in [0.4, 0.5) is 5.82 Å². The molecule has 0 aliphatic carbocycles. The van der Waals surface area contributed by atoms with Crippen LogP contribution >= 0.6 is 0 Å². The summed E-state index contributed by atoms with van der Waals surface area (Å²) >= 11 is 0. The number of aromatic nitrogens is 2. The first kappa shape index (κ1) is 11.2. The first-order valence-corrected chi connectivity index (χ1v) is 4.95. The fourth-order valence-corrected chi connectivity index (χ4v) is 1.25. The molecule has 0 aliphatic rings. The van der Waals surface area contributed by atoms with E-state index in [1.54, 1.807) is 6.20 Å². The smallest absolute Gasteiger partial charge is 0.212 e. The van der Waals surface area contributed by atoms with Crippen molar-refractivity contribution in [2.24, 2.45) is 0 Å². The van der Waals surface area contributed by atoms with Gasteiger partial charge in [-0.15, -0.1) is 0 Å². The third kappa shape index (κ3) is 2.34. The largest absolute Gasteiger partial charge is 0.313 e. The minimum absolute atomic E-state index is 0.645. The molecule has 0 fully saturated rings. The minimum Gasteiger partial charge on any atom is -0.313 e. The Morgan fingerprint density at radius 3 is 2.80 bits per heavy atom. The van der Waals surface area contributed by atoms with Gasteiger partial charge in [-0.1, -0.05) is 19.9 Å². The summed E-state index contributed by atoms with van der Waals surface area (Å²) in [6.45, 7) is 5.99. The van der Waals surface area contributed by atoms with Gasteiger partial charge < -0.3 is 5.32 Å². The van der Waals surface area contributed by atoms with Crippen molar-refractivity contribution in [1.29, 1.82) is 0 Å². The first-order chi connectivity index (χ1) is 7.31. The van der Waals surface area contributed by atoms with E-state index in [2.05, 4.69) is 10.3 Å². The van der Waals surface area contributed by atoms with Crippen molar-refractivity contribution in [2.75, 3.05) is 5.32 Å². The van der Waals surface area contributed by atoms with Crippen LogP contribution in [-0.2, 0) is 4.79 Å². The van der Waals surface area contributed by atoms with Gasteiger partial charge in [0.05, 0.1) is 6.20 Å². The molecule has 0 saturated heterocycles. The Morgan fingerprint density at radius 1 is 1.40 bits per heavy atom. The van der Waals surface area contributed by atoms with Gasteiger partial charge in [0.1, 0.15) is 11.5 Å². The maximum absolute atomic E-state index is 10.2. The van der Waals surface area contributed by atoms with E-state index in [9.17, 15) is 4.79 Å². The highest BCUT2D eigenvalue weighted by molar-refractivity contribution is 5.70. The van der Waals surface area contributed by atoms with Gasteiger partial charge in [-0.05, 0) is 18.6 Å². The number of aryl methyl sites for hydroxylation is 1. The Labute approximate surface area is 88.9 Å². The van der Waals surface area contributed by atoms with Crippen molar-refractivity contribution in [1.82, 2.24) is 9.38 Å². The van der Waals surface area contributed by atoms with Crippen LogP contribution in [0.2, 0.25) is 0 Å². The van der Waals surface area contributed by atoms with Crippen LogP contribution < -0.4 is 5.32 Å². The van der Waals surface area contributed by atoms with E-state index in [4.69, 9.17) is 0 Å². The Morgan fingerprint density at radius 2 is 2.13 bits per heavy atom. The van der Waals surface area contributed by atoms with Crippen LogP contribution in [0.1, 0.15) is 19.4 Å². The summed E-state index contributed by atoms with van der Waals surface area (Å²) in [5.41, 5.74) is 1.95. The molecule has 15 heavy (non-hydrogen) atoms. The number of nitrogens with one attached hydrogen (secondary N) is 1. The fraction of sp³-hybridized carbons (Fsp3) is 0.273. The lowest BCUT2D eigenvalue weighted by atomic mass is 10.3. The molecule has 2 rings (SSSR count). The van der Waals surface area contributed by atoms with Gasteiger partial charge in [0, 0.05) is 6.20 Å². The van der Waals surface area contributed by atoms with Crippen LogP contribution in [0, 0.1) is 6.92 Å². The van der Waals surface area contributed by atoms with Gasteiger partial charge in [0.2, 0.25) is 6.41 Å². The molecule has 0 saturated carbocycles. The molecular formula is C11H15N3O. The van der Waals surface area contributed by atoms with Crippen molar-refractivity contribution in [3.05, 3.63) is 30.1 Å². The van der Waals surface area contributed by atoms with E-state index in [1.165, 1.54) is 0 Å². The molecule has 0 aliphatic heterocycles. The highest BCUT2D eigenvalue weighted by atomic mass is 16.1. The van der Waals surface area contributed by atoms with Crippen molar-refractivity contribution in [3.63, 3.8) is 0 Å². The van der Waals surface area contributed by atoms with E-state index in [-0.39, 0.29) is 0 Å². The van der Waals surface area contributed by atoms with Gasteiger partial charge in [0.15, 0.2) is 0 Å². The molecule has 0 aromatic carbocycles. The molecule has 1 N–H and O–H groups in total. The lowest BCUT2D eigenvalue weighted by Gasteiger charge is -1.99. The maximum Gasteiger partial charge on any atom is 0.212 e. The Balaban J connectivity index is 0.000000531. The predicted octanol–water partition coefficient (Wildman–Crippen LogP) is 2.24. The summed E-state index contributed by atoms with van der Waals surface area (Å²) < 4.78 is 1.84. The predicted molar refractivity (Wildman–Crippen MR) is 61.0 cm³/mol. The van der Waals surface area contributed by atoms with Crippen LogP contribution in [0.5, 0.6) is 0 Å². The summed E-state index contributed by atoms with van der Waals surface area (Å²) in [7, 11) is 0. The Bertz CT molecular complexity index is 448. The summed E-state index contributed by atoms with van der Waals surface area (Å²) in [6.07, 6.45) is 4.20. The van der Waals surface area contributed by atoms with Crippen LogP contribution in [0.3, 0.4) is 0 Å². The summed E-state index contributed by atoms with van der Waals surface area (Å²) in [4.78, 5) is 14.4. The number of hydrogen-bond donors (Lipinski definition) is 1. The number of pyridine rings is 1. The summed E-state index contributed by atoms with van der Waals surface area (Å²) in [5.74, 6) is 0.689. The Hall–Kier alpha value is -1.84. The molecule has 0 radical (unpaired) electrons. The lowest BCUT2D eigenvalue weighted by Crippen LogP contribution is -1.97. The second-order valence-corrected chi connectivity index (χ2v) is 2.84. The maximum atomic E-state index is 10.2. The molecule has 0 spiro atoms. The van der Waals surface area contributed by atoms with Gasteiger partial charge in [-0.3, -0.25) is 9.20 Å². The second-order valence-electron chi connectivity index (χ2n) is 2.84. The zero-order valence-corrected chi connectivity index (χ0v) is 9.19. The highest BCUT2D eigenvalue weighted by Gasteiger charge is 2.00. The number of carbonyl (C=O) groups excluding carboxylic acids is 1. The van der Waals surface area contributed by atoms with E-state index >= 15 is 0 Å². The zero-order chi connectivity index (χ0) is 11.3. The van der Waals surface area contributed by atoms with Crippen LogP contribution in [0.15, 0.2) is 24.5 Å². The molecule has 2 heterocycles. The molecule has 0 bridgehead atoms. The topological polar surface area (TPSA) is 46.4 Å². The van der Waals surface area contributed by atoms with Gasteiger partial charge >= 0.3 is 0 Å². The molecule has 4 nitrogen and oxygen atoms in total. The SMILES string of the molecule is CC.Cc1ccc2ncc(NC=O)n2c1. The molecule has 1 amide bonds. The van der Waals surface area contributed by atoms with Gasteiger partial charge in [-0.2, -0.15) is 0 Å². The average molecular weight is 205 g/mol. The lowest BCUT2D eigenvalue weighted by molar-refractivity contribution is -0.105. The molecular weight excluding hydrogens is 190 g/mol. The van der Waals surface area contributed by atoms with Gasteiger partial charge in [0.25, 0.3) is 0 Å². The number of fused-ring (bicyclic) bond motifs is 1. The number of rotatable bonds is 2. The van der Waals surface area contributed by atoms with Crippen molar-refractivity contribution in [3.8, 4) is 0 Å². The molecule has 4 heteroatoms. The second kappa shape index (κ2) is 5.14. The number of anilines is 1. The van der Waals surface area contributed by atoms with Gasteiger partial charge in [-0.25, -0.2) is 4.98 Å². The zero-order valence-electron chi connectivity index (χ0n) is 9.19. The standard InChI is InChI=1S/C9H9N3O.C2H6/c1-7-2-3-8-10-4-9(11-6-13)12(8)5-7;1-2/h2-6H,1H3,(H,11,13);1-2H3. The van der Waals surface area contributed by atoms with Crippen molar-refractivity contribution in [2.45, 2.75) is 20.8 Å². The van der Waals surface area contributed by atoms with E-state index in [0.717, 1.165) is 11.2 Å². The number of nitrogens with zero attached hydrogens (tertiary/aromatic N) is 2. The third-order valence-electron chi connectivity index (χ3n) is 1.86. The van der Waals surface area contributed by atoms with E-state index in [0.29, 0.717) is 12.2 Å². The number of imidazole rings is 1. The number of hydrogen-bond acceptors (Lipinski definition) is 2. The highest BCUT2D eigenvalue weighted by Crippen LogP contribution is 2.11. The first-order valence-electron chi connectivity index (χ1n) is 4.95.